The van der Waals surface area contributed by atoms with Crippen molar-refractivity contribution in [3.63, 3.8) is 0 Å². The summed E-state index contributed by atoms with van der Waals surface area (Å²) in [5.74, 6) is -2.28. The number of aryl methyl sites for hydroxylation is 2. The van der Waals surface area contributed by atoms with E-state index in [1.165, 1.54) is 23.1 Å². The van der Waals surface area contributed by atoms with Crippen LogP contribution < -0.4 is 10.2 Å². The minimum atomic E-state index is -0.657. The number of esters is 1. The molecule has 7 nitrogen and oxygen atoms in total. The molecular formula is C28H25ClFN3O4S2. The quantitative estimate of drug-likeness (QED) is 0.176. The van der Waals surface area contributed by atoms with E-state index in [1.54, 1.807) is 18.3 Å². The second kappa shape index (κ2) is 10.7. The number of rotatable bonds is 5. The normalized spacial score (nSPS) is 16.5. The van der Waals surface area contributed by atoms with Gasteiger partial charge in [-0.2, -0.15) is 0 Å². The third-order valence-electron chi connectivity index (χ3n) is 6.87. The standard InChI is InChI=1S/C28H25ClFN3O4S2/c1-4-37-27(36)23-18-7-5-6-8-22(18)39-26(23)32-14(2)11-16(15(32)3)12-19-24(34)31-28(38)33(25(19)35)17-9-10-21(30)20(29)13-17/h9-13H,4-8H2,1-3H3,(H,31,34,38)/b19-12+. The van der Waals surface area contributed by atoms with Gasteiger partial charge in [-0.15, -0.1) is 11.3 Å². The number of thiocarbonyl (C=S) groups is 1. The minimum Gasteiger partial charge on any atom is -0.462 e. The zero-order chi connectivity index (χ0) is 28.0. The molecule has 2 aromatic heterocycles. The minimum absolute atomic E-state index is 0.126. The summed E-state index contributed by atoms with van der Waals surface area (Å²) in [6, 6.07) is 5.63. The molecule has 1 fully saturated rings. The van der Waals surface area contributed by atoms with Crippen LogP contribution in [-0.4, -0.2) is 34.1 Å². The van der Waals surface area contributed by atoms with Crippen molar-refractivity contribution in [2.45, 2.75) is 46.5 Å². The van der Waals surface area contributed by atoms with E-state index in [2.05, 4.69) is 5.32 Å². The highest BCUT2D eigenvalue weighted by Crippen LogP contribution is 2.39. The highest BCUT2D eigenvalue weighted by atomic mass is 35.5. The number of carbonyl (C=O) groups is 3. The Hall–Kier alpha value is -3.34. The van der Waals surface area contributed by atoms with Crippen molar-refractivity contribution in [2.24, 2.45) is 0 Å². The lowest BCUT2D eigenvalue weighted by Gasteiger charge is -2.29. The van der Waals surface area contributed by atoms with E-state index in [0.29, 0.717) is 11.1 Å². The van der Waals surface area contributed by atoms with Crippen molar-refractivity contribution < 1.29 is 23.5 Å². The monoisotopic (exact) mass is 585 g/mol. The van der Waals surface area contributed by atoms with Crippen molar-refractivity contribution in [3.05, 3.63) is 73.6 Å². The van der Waals surface area contributed by atoms with Gasteiger partial charge in [-0.25, -0.2) is 9.18 Å². The van der Waals surface area contributed by atoms with E-state index in [0.717, 1.165) is 58.6 Å². The van der Waals surface area contributed by atoms with Crippen molar-refractivity contribution >= 4 is 69.8 Å². The molecule has 0 unspecified atom stereocenters. The molecule has 11 heteroatoms. The van der Waals surface area contributed by atoms with Crippen molar-refractivity contribution in [1.82, 2.24) is 9.88 Å². The molecule has 5 rings (SSSR count). The number of thiophene rings is 1. The van der Waals surface area contributed by atoms with Crippen molar-refractivity contribution in [3.8, 4) is 5.00 Å². The molecule has 1 aliphatic heterocycles. The molecule has 1 aromatic carbocycles. The molecule has 2 amide bonds. The second-order valence-corrected chi connectivity index (χ2v) is 11.2. The number of fused-ring (bicyclic) bond motifs is 1. The Morgan fingerprint density at radius 1 is 1.23 bits per heavy atom. The van der Waals surface area contributed by atoms with Gasteiger partial charge in [-0.05, 0) is 100 Å². The van der Waals surface area contributed by atoms with E-state index in [1.807, 2.05) is 24.5 Å². The number of benzene rings is 1. The van der Waals surface area contributed by atoms with Crippen molar-refractivity contribution in [2.75, 3.05) is 11.5 Å². The summed E-state index contributed by atoms with van der Waals surface area (Å²) in [7, 11) is 0. The molecule has 3 aromatic rings. The van der Waals surface area contributed by atoms with Crippen LogP contribution in [0, 0.1) is 19.7 Å². The van der Waals surface area contributed by atoms with Gasteiger partial charge in [0.25, 0.3) is 11.8 Å². The third-order valence-corrected chi connectivity index (χ3v) is 8.72. The molecule has 0 bridgehead atoms. The Labute approximate surface area is 239 Å². The van der Waals surface area contributed by atoms with Crippen LogP contribution in [0.5, 0.6) is 0 Å². The Morgan fingerprint density at radius 3 is 2.69 bits per heavy atom. The van der Waals surface area contributed by atoms with Crippen LogP contribution in [0.1, 0.15) is 57.5 Å². The molecule has 1 N–H and O–H groups in total. The maximum absolute atomic E-state index is 13.7. The molecule has 1 saturated heterocycles. The van der Waals surface area contributed by atoms with E-state index in [4.69, 9.17) is 28.6 Å². The number of nitrogens with zero attached hydrogens (tertiary/aromatic N) is 2. The van der Waals surface area contributed by atoms with E-state index in [9.17, 15) is 18.8 Å². The smallest absolute Gasteiger partial charge is 0.341 e. The first-order chi connectivity index (χ1) is 18.6. The van der Waals surface area contributed by atoms with Crippen LogP contribution in [0.2, 0.25) is 5.02 Å². The number of hydrogen-bond acceptors (Lipinski definition) is 6. The zero-order valence-electron chi connectivity index (χ0n) is 21.5. The third kappa shape index (κ3) is 4.81. The maximum Gasteiger partial charge on any atom is 0.341 e. The van der Waals surface area contributed by atoms with Crippen LogP contribution in [0.15, 0.2) is 29.8 Å². The van der Waals surface area contributed by atoms with Gasteiger partial charge < -0.3 is 9.30 Å². The molecule has 2 aliphatic rings. The summed E-state index contributed by atoms with van der Waals surface area (Å²) >= 11 is 12.7. The van der Waals surface area contributed by atoms with Crippen molar-refractivity contribution in [1.29, 1.82) is 0 Å². The molecule has 0 atom stereocenters. The molecule has 39 heavy (non-hydrogen) atoms. The van der Waals surface area contributed by atoms with Gasteiger partial charge in [0.1, 0.15) is 16.4 Å². The summed E-state index contributed by atoms with van der Waals surface area (Å²) in [4.78, 5) is 41.7. The summed E-state index contributed by atoms with van der Waals surface area (Å²) in [6.45, 7) is 5.85. The molecule has 1 aliphatic carbocycles. The second-order valence-electron chi connectivity index (χ2n) is 9.33. The number of carbonyl (C=O) groups excluding carboxylic acids is 3. The lowest BCUT2D eigenvalue weighted by Crippen LogP contribution is -2.54. The molecule has 3 heterocycles. The van der Waals surface area contributed by atoms with E-state index >= 15 is 0 Å². The lowest BCUT2D eigenvalue weighted by molar-refractivity contribution is -0.122. The Bertz CT molecular complexity index is 1590. The summed E-state index contributed by atoms with van der Waals surface area (Å²) in [5.41, 5.74) is 3.97. The SMILES string of the molecule is CCOC(=O)c1c(-n2c(C)cc(/C=C3\C(=O)NC(=S)N(c4ccc(F)c(Cl)c4)C3=O)c2C)sc2c1CCCC2. The van der Waals surface area contributed by atoms with Gasteiger partial charge >= 0.3 is 5.97 Å². The predicted octanol–water partition coefficient (Wildman–Crippen LogP) is 5.83. The number of amides is 2. The molecular weight excluding hydrogens is 561 g/mol. The summed E-state index contributed by atoms with van der Waals surface area (Å²) in [6.07, 6.45) is 5.35. The number of hydrogen-bond donors (Lipinski definition) is 1. The first-order valence-electron chi connectivity index (χ1n) is 12.5. The zero-order valence-corrected chi connectivity index (χ0v) is 23.9. The van der Waals surface area contributed by atoms with E-state index in [-0.39, 0.29) is 34.0 Å². The van der Waals surface area contributed by atoms with Crippen LogP contribution >= 0.6 is 35.2 Å². The van der Waals surface area contributed by atoms with Crippen LogP contribution in [0.3, 0.4) is 0 Å². The predicted molar refractivity (Wildman–Crippen MR) is 153 cm³/mol. The highest BCUT2D eigenvalue weighted by Gasteiger charge is 2.35. The summed E-state index contributed by atoms with van der Waals surface area (Å²) in [5, 5.41) is 3.01. The Morgan fingerprint density at radius 2 is 1.97 bits per heavy atom. The van der Waals surface area contributed by atoms with E-state index < -0.39 is 17.6 Å². The average Bonchev–Trinajstić information content (AvgIpc) is 3.39. The van der Waals surface area contributed by atoms with Crippen LogP contribution in [0.4, 0.5) is 10.1 Å². The number of aromatic nitrogens is 1. The molecule has 0 saturated carbocycles. The van der Waals surface area contributed by atoms with Gasteiger partial charge in [-0.3, -0.25) is 19.8 Å². The Balaban J connectivity index is 1.59. The van der Waals surface area contributed by atoms with Gasteiger partial charge in [0.2, 0.25) is 0 Å². The number of ether oxygens (including phenoxy) is 1. The van der Waals surface area contributed by atoms with Crippen LogP contribution in [-0.2, 0) is 27.2 Å². The maximum atomic E-state index is 13.7. The Kier molecular flexibility index (Phi) is 7.45. The fraction of sp³-hybridized carbons (Fsp3) is 0.286. The van der Waals surface area contributed by atoms with Gasteiger partial charge in [0, 0.05) is 16.3 Å². The fourth-order valence-electron chi connectivity index (χ4n) is 5.04. The van der Waals surface area contributed by atoms with Gasteiger partial charge in [0.05, 0.1) is 22.9 Å². The van der Waals surface area contributed by atoms with Gasteiger partial charge in [0.15, 0.2) is 5.11 Å². The highest BCUT2D eigenvalue weighted by molar-refractivity contribution is 7.80. The lowest BCUT2D eigenvalue weighted by atomic mass is 9.95. The first kappa shape index (κ1) is 27.2. The fourth-order valence-corrected chi connectivity index (χ4v) is 6.98. The molecule has 202 valence electrons. The number of anilines is 1. The summed E-state index contributed by atoms with van der Waals surface area (Å²) < 4.78 is 21.1. The molecule has 0 radical (unpaired) electrons. The first-order valence-corrected chi connectivity index (χ1v) is 14.1. The topological polar surface area (TPSA) is 80.6 Å². The number of halogens is 2. The largest absolute Gasteiger partial charge is 0.462 e. The van der Waals surface area contributed by atoms with Gasteiger partial charge in [-0.1, -0.05) is 11.6 Å². The molecule has 0 spiro atoms. The average molecular weight is 586 g/mol. The number of nitrogens with one attached hydrogen (secondary N) is 1. The van der Waals surface area contributed by atoms with Crippen LogP contribution in [0.25, 0.3) is 11.1 Å².